The molecule has 18 heavy (non-hydrogen) atoms. The molecule has 1 saturated carbocycles. The summed E-state index contributed by atoms with van der Waals surface area (Å²) in [6.45, 7) is 0.889. The molecule has 98 valence electrons. The van der Waals surface area contributed by atoms with Crippen molar-refractivity contribution in [3.8, 4) is 0 Å². The lowest BCUT2D eigenvalue weighted by atomic mass is 9.71. The molecule has 1 aliphatic heterocycles. The Bertz CT molecular complexity index is 384. The van der Waals surface area contributed by atoms with E-state index in [0.717, 1.165) is 11.8 Å². The standard InChI is InChI=1S/C16H23NS/c17-12-16(8-4-1-5-9-16)11-14-10-13-6-2-3-7-15(13)18-14/h2-3,6-7,14H,1,4-5,8-12,17H2. The number of thioether (sulfide) groups is 1. The molecule has 1 unspecified atom stereocenters. The highest BCUT2D eigenvalue weighted by Crippen LogP contribution is 2.46. The number of rotatable bonds is 3. The molecule has 0 radical (unpaired) electrons. The van der Waals surface area contributed by atoms with Crippen molar-refractivity contribution in [3.63, 3.8) is 0 Å². The van der Waals surface area contributed by atoms with E-state index in [-0.39, 0.29) is 0 Å². The van der Waals surface area contributed by atoms with Gasteiger partial charge >= 0.3 is 0 Å². The lowest BCUT2D eigenvalue weighted by Gasteiger charge is -2.38. The van der Waals surface area contributed by atoms with Gasteiger partial charge in [-0.3, -0.25) is 0 Å². The fourth-order valence-corrected chi connectivity index (χ4v) is 5.16. The normalized spacial score (nSPS) is 25.9. The second-order valence-corrected chi connectivity index (χ2v) is 7.36. The third-order valence-electron chi connectivity index (χ3n) is 4.72. The van der Waals surface area contributed by atoms with Gasteiger partial charge in [0, 0.05) is 10.1 Å². The van der Waals surface area contributed by atoms with Gasteiger partial charge in [0.2, 0.25) is 0 Å². The van der Waals surface area contributed by atoms with Crippen LogP contribution in [0.25, 0.3) is 0 Å². The van der Waals surface area contributed by atoms with Crippen LogP contribution in [0.3, 0.4) is 0 Å². The minimum Gasteiger partial charge on any atom is -0.330 e. The zero-order chi connectivity index (χ0) is 12.4. The monoisotopic (exact) mass is 261 g/mol. The fourth-order valence-electron chi connectivity index (χ4n) is 3.64. The van der Waals surface area contributed by atoms with Crippen molar-refractivity contribution in [2.24, 2.45) is 11.1 Å². The molecule has 0 bridgehead atoms. The summed E-state index contributed by atoms with van der Waals surface area (Å²) in [6, 6.07) is 8.89. The maximum absolute atomic E-state index is 6.11. The molecule has 1 fully saturated rings. The minimum atomic E-state index is 0.456. The lowest BCUT2D eigenvalue weighted by Crippen LogP contribution is -2.35. The van der Waals surface area contributed by atoms with Gasteiger partial charge < -0.3 is 5.73 Å². The van der Waals surface area contributed by atoms with E-state index >= 15 is 0 Å². The minimum absolute atomic E-state index is 0.456. The Morgan fingerprint density at radius 3 is 2.67 bits per heavy atom. The van der Waals surface area contributed by atoms with E-state index in [0.29, 0.717) is 5.41 Å². The largest absolute Gasteiger partial charge is 0.330 e. The molecule has 0 saturated heterocycles. The Hall–Kier alpha value is -0.470. The average molecular weight is 261 g/mol. The highest BCUT2D eigenvalue weighted by atomic mass is 32.2. The van der Waals surface area contributed by atoms with Gasteiger partial charge in [0.25, 0.3) is 0 Å². The summed E-state index contributed by atoms with van der Waals surface area (Å²) >= 11 is 2.09. The van der Waals surface area contributed by atoms with Crippen LogP contribution in [0.15, 0.2) is 29.2 Å². The van der Waals surface area contributed by atoms with Crippen LogP contribution in [-0.4, -0.2) is 11.8 Å². The van der Waals surface area contributed by atoms with Crippen molar-refractivity contribution in [3.05, 3.63) is 29.8 Å². The Morgan fingerprint density at radius 1 is 1.17 bits per heavy atom. The maximum atomic E-state index is 6.11. The van der Waals surface area contributed by atoms with E-state index < -0.39 is 0 Å². The van der Waals surface area contributed by atoms with Crippen LogP contribution in [0, 0.1) is 5.41 Å². The molecule has 2 heteroatoms. The van der Waals surface area contributed by atoms with Gasteiger partial charge in [-0.15, -0.1) is 11.8 Å². The van der Waals surface area contributed by atoms with Gasteiger partial charge in [-0.25, -0.2) is 0 Å². The number of hydrogen-bond acceptors (Lipinski definition) is 2. The summed E-state index contributed by atoms with van der Waals surface area (Å²) in [7, 11) is 0. The molecule has 0 aromatic heterocycles. The predicted octanol–water partition coefficient (Wildman–Crippen LogP) is 4.00. The van der Waals surface area contributed by atoms with Gasteiger partial charge in [-0.1, -0.05) is 37.5 Å². The topological polar surface area (TPSA) is 26.0 Å². The molecule has 0 spiro atoms. The zero-order valence-corrected chi connectivity index (χ0v) is 11.8. The number of fused-ring (bicyclic) bond motifs is 1. The molecule has 1 aliphatic carbocycles. The summed E-state index contributed by atoms with van der Waals surface area (Å²) in [5.41, 5.74) is 8.12. The SMILES string of the molecule is NCC1(CC2Cc3ccccc3S2)CCCCC1. The van der Waals surface area contributed by atoms with E-state index in [1.807, 2.05) is 0 Å². The molecule has 2 N–H and O–H groups in total. The first-order valence-corrected chi connectivity index (χ1v) is 8.14. The first-order chi connectivity index (χ1) is 8.81. The molecule has 0 amide bonds. The molecule has 1 nitrogen and oxygen atoms in total. The van der Waals surface area contributed by atoms with Crippen LogP contribution in [0.5, 0.6) is 0 Å². The summed E-state index contributed by atoms with van der Waals surface area (Å²) in [5.74, 6) is 0. The first kappa shape index (κ1) is 12.6. The van der Waals surface area contributed by atoms with Crippen molar-refractivity contribution >= 4 is 11.8 Å². The summed E-state index contributed by atoms with van der Waals surface area (Å²) < 4.78 is 0. The van der Waals surface area contributed by atoms with Crippen molar-refractivity contribution in [1.82, 2.24) is 0 Å². The van der Waals surface area contributed by atoms with Crippen LogP contribution in [0.4, 0.5) is 0 Å². The predicted molar refractivity (Wildman–Crippen MR) is 79.0 cm³/mol. The molecule has 1 aromatic rings. The Balaban J connectivity index is 1.67. The van der Waals surface area contributed by atoms with Crippen LogP contribution in [0.1, 0.15) is 44.1 Å². The maximum Gasteiger partial charge on any atom is 0.0141 e. The highest BCUT2D eigenvalue weighted by Gasteiger charge is 2.35. The van der Waals surface area contributed by atoms with E-state index in [4.69, 9.17) is 5.73 Å². The molecular formula is C16H23NS. The second-order valence-electron chi connectivity index (χ2n) is 6.02. The van der Waals surface area contributed by atoms with E-state index in [1.54, 1.807) is 5.56 Å². The molecule has 1 heterocycles. The van der Waals surface area contributed by atoms with Crippen LogP contribution < -0.4 is 5.73 Å². The van der Waals surface area contributed by atoms with Crippen molar-refractivity contribution in [2.45, 2.75) is 55.1 Å². The first-order valence-electron chi connectivity index (χ1n) is 7.26. The molecule has 1 aromatic carbocycles. The lowest BCUT2D eigenvalue weighted by molar-refractivity contribution is 0.181. The van der Waals surface area contributed by atoms with Gasteiger partial charge in [0.15, 0.2) is 0 Å². The van der Waals surface area contributed by atoms with Gasteiger partial charge in [-0.2, -0.15) is 0 Å². The summed E-state index contributed by atoms with van der Waals surface area (Å²) in [4.78, 5) is 1.51. The van der Waals surface area contributed by atoms with Crippen molar-refractivity contribution < 1.29 is 0 Å². The van der Waals surface area contributed by atoms with Gasteiger partial charge in [-0.05, 0) is 49.3 Å². The molecular weight excluding hydrogens is 238 g/mol. The quantitative estimate of drug-likeness (QED) is 0.890. The smallest absolute Gasteiger partial charge is 0.0141 e. The van der Waals surface area contributed by atoms with E-state index in [1.165, 1.54) is 49.8 Å². The molecule has 3 rings (SSSR count). The van der Waals surface area contributed by atoms with E-state index in [2.05, 4.69) is 36.0 Å². The second kappa shape index (κ2) is 5.26. The summed E-state index contributed by atoms with van der Waals surface area (Å²) in [5, 5.41) is 0.768. The molecule has 1 atom stereocenters. The molecule has 2 aliphatic rings. The zero-order valence-electron chi connectivity index (χ0n) is 11.0. The van der Waals surface area contributed by atoms with Crippen molar-refractivity contribution in [1.29, 1.82) is 0 Å². The number of benzene rings is 1. The van der Waals surface area contributed by atoms with Crippen LogP contribution in [0.2, 0.25) is 0 Å². The third-order valence-corrected chi connectivity index (χ3v) is 6.04. The van der Waals surface area contributed by atoms with Crippen LogP contribution in [-0.2, 0) is 6.42 Å². The Labute approximate surface area is 115 Å². The van der Waals surface area contributed by atoms with Crippen LogP contribution >= 0.6 is 11.8 Å². The summed E-state index contributed by atoms with van der Waals surface area (Å²) in [6.07, 6.45) is 9.49. The van der Waals surface area contributed by atoms with Crippen molar-refractivity contribution in [2.75, 3.05) is 6.54 Å². The highest BCUT2D eigenvalue weighted by molar-refractivity contribution is 8.00. The fraction of sp³-hybridized carbons (Fsp3) is 0.625. The Morgan fingerprint density at radius 2 is 1.94 bits per heavy atom. The van der Waals surface area contributed by atoms with E-state index in [9.17, 15) is 0 Å². The Kier molecular flexibility index (Phi) is 3.67. The number of nitrogens with two attached hydrogens (primary N) is 1. The van der Waals surface area contributed by atoms with Gasteiger partial charge in [0.05, 0.1) is 0 Å². The number of hydrogen-bond donors (Lipinski definition) is 1. The van der Waals surface area contributed by atoms with Gasteiger partial charge in [0.1, 0.15) is 0 Å². The third kappa shape index (κ3) is 2.46. The average Bonchev–Trinajstić information content (AvgIpc) is 2.81.